The number of guanidine groups is 1. The molecule has 1 atom stereocenters. The number of hydrogen-bond donors (Lipinski definition) is 2. The summed E-state index contributed by atoms with van der Waals surface area (Å²) in [5, 5.41) is 18.2. The van der Waals surface area contributed by atoms with Gasteiger partial charge in [0, 0.05) is 5.02 Å². The summed E-state index contributed by atoms with van der Waals surface area (Å²) in [5.41, 5.74) is -3.39. The summed E-state index contributed by atoms with van der Waals surface area (Å²) in [6.45, 7) is -0.346. The van der Waals surface area contributed by atoms with Crippen molar-refractivity contribution in [2.45, 2.75) is 24.9 Å². The van der Waals surface area contributed by atoms with Crippen molar-refractivity contribution in [3.63, 3.8) is 0 Å². The van der Waals surface area contributed by atoms with E-state index in [0.29, 0.717) is 17.2 Å². The van der Waals surface area contributed by atoms with E-state index in [9.17, 15) is 26.3 Å². The van der Waals surface area contributed by atoms with Crippen LogP contribution in [0.3, 0.4) is 0 Å². The van der Waals surface area contributed by atoms with Crippen LogP contribution in [-0.4, -0.2) is 20.7 Å². The van der Waals surface area contributed by atoms with E-state index in [-0.39, 0.29) is 29.3 Å². The lowest BCUT2D eigenvalue weighted by Gasteiger charge is -2.21. The summed E-state index contributed by atoms with van der Waals surface area (Å²) in [7, 11) is 0. The number of nitrogens with one attached hydrogen (secondary N) is 2. The molecule has 35 heavy (non-hydrogen) atoms. The average molecular weight is 536 g/mol. The predicted molar refractivity (Wildman–Crippen MR) is 115 cm³/mol. The second-order valence-corrected chi connectivity index (χ2v) is 7.74. The molecular formula is C20H13Cl2F6N7. The Hall–Kier alpha value is -3.50. The van der Waals surface area contributed by atoms with Gasteiger partial charge >= 0.3 is 12.4 Å². The Morgan fingerprint density at radius 2 is 1.83 bits per heavy atom. The van der Waals surface area contributed by atoms with Gasteiger partial charge < -0.3 is 5.32 Å². The number of benzene rings is 2. The SMILES string of the molecule is N#CNC(=NC(Cn1cncn1)c1ccc(C(F)(F)F)cc1C(F)(F)F)Nc1ccc(Cl)cc1Cl. The molecule has 2 N–H and O–H groups in total. The molecule has 0 saturated heterocycles. The van der Waals surface area contributed by atoms with Crippen molar-refractivity contribution in [2.24, 2.45) is 4.99 Å². The molecule has 15 heteroatoms. The first-order valence-corrected chi connectivity index (χ1v) is 10.2. The number of rotatable bonds is 5. The normalized spacial score (nSPS) is 13.3. The summed E-state index contributed by atoms with van der Waals surface area (Å²) in [6, 6.07) is 4.05. The van der Waals surface area contributed by atoms with Crippen molar-refractivity contribution < 1.29 is 26.3 Å². The van der Waals surface area contributed by atoms with Crippen molar-refractivity contribution in [3.05, 3.63) is 75.8 Å². The molecule has 0 radical (unpaired) electrons. The largest absolute Gasteiger partial charge is 0.416 e. The average Bonchev–Trinajstić information content (AvgIpc) is 3.27. The molecule has 0 aliphatic heterocycles. The lowest BCUT2D eigenvalue weighted by Crippen LogP contribution is -2.29. The van der Waals surface area contributed by atoms with E-state index in [4.69, 9.17) is 28.5 Å². The summed E-state index contributed by atoms with van der Waals surface area (Å²) in [5.74, 6) is -0.324. The van der Waals surface area contributed by atoms with Crippen molar-refractivity contribution in [2.75, 3.05) is 5.32 Å². The van der Waals surface area contributed by atoms with E-state index in [1.165, 1.54) is 24.5 Å². The Morgan fingerprint density at radius 1 is 1.09 bits per heavy atom. The molecular weight excluding hydrogens is 523 g/mol. The molecule has 0 aliphatic rings. The highest BCUT2D eigenvalue weighted by molar-refractivity contribution is 6.36. The van der Waals surface area contributed by atoms with E-state index in [1.54, 1.807) is 6.19 Å². The molecule has 2 aromatic carbocycles. The van der Waals surface area contributed by atoms with Gasteiger partial charge in [0.25, 0.3) is 0 Å². The lowest BCUT2D eigenvalue weighted by atomic mass is 9.97. The van der Waals surface area contributed by atoms with E-state index in [2.05, 4.69) is 25.7 Å². The van der Waals surface area contributed by atoms with Crippen molar-refractivity contribution in [3.8, 4) is 6.19 Å². The monoisotopic (exact) mass is 535 g/mol. The highest BCUT2D eigenvalue weighted by atomic mass is 35.5. The number of nitrogens with zero attached hydrogens (tertiary/aromatic N) is 5. The van der Waals surface area contributed by atoms with Crippen LogP contribution in [0.2, 0.25) is 10.0 Å². The number of aromatic nitrogens is 3. The Kier molecular flexibility index (Phi) is 7.76. The number of hydrogen-bond acceptors (Lipinski definition) is 4. The summed E-state index contributed by atoms with van der Waals surface area (Å²) in [6.07, 6.45) is -6.22. The molecule has 0 saturated carbocycles. The minimum absolute atomic E-state index is 0.0140. The Bertz CT molecular complexity index is 1250. The van der Waals surface area contributed by atoms with Crippen LogP contribution >= 0.6 is 23.2 Å². The van der Waals surface area contributed by atoms with Crippen LogP contribution in [0, 0.1) is 11.5 Å². The molecule has 0 fully saturated rings. The fourth-order valence-corrected chi connectivity index (χ4v) is 3.46. The maximum atomic E-state index is 13.8. The summed E-state index contributed by atoms with van der Waals surface area (Å²) in [4.78, 5) is 7.85. The van der Waals surface area contributed by atoms with Crippen LogP contribution in [0.15, 0.2) is 54.0 Å². The molecule has 1 unspecified atom stereocenters. The molecule has 0 aliphatic carbocycles. The van der Waals surface area contributed by atoms with Gasteiger partial charge in [0.2, 0.25) is 5.96 Å². The standard InChI is InChI=1S/C20H13Cl2F6N7/c21-12-2-4-16(15(22)6-12)33-18(31-8-29)34-17(7-35-10-30-9-32-35)13-3-1-11(19(23,24)25)5-14(13)20(26,27)28/h1-6,9-10,17H,7H2,(H2,31,33,34). The molecule has 1 aromatic heterocycles. The zero-order chi connectivity index (χ0) is 25.8. The van der Waals surface area contributed by atoms with Gasteiger partial charge in [0.05, 0.1) is 34.4 Å². The first kappa shape index (κ1) is 26.1. The molecule has 184 valence electrons. The topological polar surface area (TPSA) is 90.9 Å². The maximum Gasteiger partial charge on any atom is 0.416 e. The van der Waals surface area contributed by atoms with Gasteiger partial charge in [0.15, 0.2) is 6.19 Å². The van der Waals surface area contributed by atoms with Crippen LogP contribution in [-0.2, 0) is 18.9 Å². The van der Waals surface area contributed by atoms with E-state index in [1.807, 2.05) is 0 Å². The third-order valence-corrected chi connectivity index (χ3v) is 5.06. The van der Waals surface area contributed by atoms with Crippen LogP contribution in [0.4, 0.5) is 32.0 Å². The minimum atomic E-state index is -5.14. The van der Waals surface area contributed by atoms with Gasteiger partial charge in [0.1, 0.15) is 12.7 Å². The Balaban J connectivity index is 2.13. The number of nitriles is 1. The highest BCUT2D eigenvalue weighted by Crippen LogP contribution is 2.40. The molecule has 3 aromatic rings. The van der Waals surface area contributed by atoms with Crippen LogP contribution in [0.25, 0.3) is 0 Å². The molecule has 1 heterocycles. The summed E-state index contributed by atoms with van der Waals surface area (Å²) >= 11 is 11.9. The smallest absolute Gasteiger partial charge is 0.324 e. The number of alkyl halides is 6. The molecule has 0 amide bonds. The van der Waals surface area contributed by atoms with Crippen LogP contribution in [0.1, 0.15) is 22.7 Å². The fraction of sp³-hybridized carbons (Fsp3) is 0.200. The third kappa shape index (κ3) is 6.77. The van der Waals surface area contributed by atoms with Crippen molar-refractivity contribution in [1.29, 1.82) is 5.26 Å². The van der Waals surface area contributed by atoms with Gasteiger partial charge in [-0.2, -0.15) is 36.7 Å². The zero-order valence-electron chi connectivity index (χ0n) is 17.2. The second kappa shape index (κ2) is 10.4. The van der Waals surface area contributed by atoms with Gasteiger partial charge in [-0.05, 0) is 35.9 Å². The first-order valence-electron chi connectivity index (χ1n) is 9.44. The zero-order valence-corrected chi connectivity index (χ0v) is 18.7. The van der Waals surface area contributed by atoms with Crippen LogP contribution < -0.4 is 10.6 Å². The first-order chi connectivity index (χ1) is 16.4. The number of anilines is 1. The van der Waals surface area contributed by atoms with Gasteiger partial charge in [-0.25, -0.2) is 9.98 Å². The molecule has 3 rings (SSSR count). The molecule has 0 spiro atoms. The summed E-state index contributed by atoms with van der Waals surface area (Å²) < 4.78 is 81.9. The Labute approximate surface area is 204 Å². The highest BCUT2D eigenvalue weighted by Gasteiger charge is 2.39. The number of aliphatic imine (C=N–C) groups is 1. The van der Waals surface area contributed by atoms with Crippen molar-refractivity contribution >= 4 is 34.8 Å². The maximum absolute atomic E-state index is 13.8. The van der Waals surface area contributed by atoms with Gasteiger partial charge in [-0.1, -0.05) is 29.3 Å². The van der Waals surface area contributed by atoms with E-state index in [0.717, 1.165) is 11.0 Å². The third-order valence-electron chi connectivity index (χ3n) is 4.52. The van der Waals surface area contributed by atoms with Crippen molar-refractivity contribution in [1.82, 2.24) is 20.1 Å². The molecule has 0 bridgehead atoms. The van der Waals surface area contributed by atoms with Gasteiger partial charge in [-0.3, -0.25) is 10.00 Å². The predicted octanol–water partition coefficient (Wildman–Crippen LogP) is 5.90. The van der Waals surface area contributed by atoms with Crippen LogP contribution in [0.5, 0.6) is 0 Å². The minimum Gasteiger partial charge on any atom is -0.324 e. The Morgan fingerprint density at radius 3 is 2.40 bits per heavy atom. The number of halogens is 8. The van der Waals surface area contributed by atoms with E-state index >= 15 is 0 Å². The second-order valence-electron chi connectivity index (χ2n) is 6.89. The quantitative estimate of drug-likeness (QED) is 0.139. The lowest BCUT2D eigenvalue weighted by molar-refractivity contribution is -0.143. The van der Waals surface area contributed by atoms with Gasteiger partial charge in [-0.15, -0.1) is 0 Å². The van der Waals surface area contributed by atoms with E-state index < -0.39 is 35.1 Å². The fourth-order valence-electron chi connectivity index (χ4n) is 3.00. The molecule has 7 nitrogen and oxygen atoms in total.